The van der Waals surface area contributed by atoms with E-state index in [-0.39, 0.29) is 40.5 Å². The first-order valence-corrected chi connectivity index (χ1v) is 12.3. The second kappa shape index (κ2) is 10.1. The van der Waals surface area contributed by atoms with Gasteiger partial charge >= 0.3 is 0 Å². The highest BCUT2D eigenvalue weighted by Gasteiger charge is 2.28. The Morgan fingerprint density at radius 3 is 2.35 bits per heavy atom. The van der Waals surface area contributed by atoms with E-state index in [1.807, 2.05) is 26.0 Å². The zero-order valence-electron chi connectivity index (χ0n) is 18.1. The molecule has 0 aromatic heterocycles. The number of rotatable bonds is 7. The minimum atomic E-state index is -3.72. The maximum Gasteiger partial charge on any atom is 0.253 e. The van der Waals surface area contributed by atoms with Gasteiger partial charge in [-0.2, -0.15) is 4.31 Å². The molecular formula is C23H29ClN2O4S. The van der Waals surface area contributed by atoms with Crippen LogP contribution in [0.1, 0.15) is 48.3 Å². The molecule has 2 aromatic rings. The molecule has 1 aliphatic heterocycles. The van der Waals surface area contributed by atoms with Crippen LogP contribution in [0.25, 0.3) is 0 Å². The first kappa shape index (κ1) is 23.7. The Balaban J connectivity index is 1.86. The monoisotopic (exact) mass is 464 g/mol. The summed E-state index contributed by atoms with van der Waals surface area (Å²) < 4.78 is 32.6. The number of hydrogen-bond donors (Lipinski definition) is 1. The standard InChI is InChI=1S/C23H29ClN2O4S/c1-4-17-5-7-18(8-6-17)22(16(2)3)25-23(27)20-15-19(9-10-21(20)24)31(28,29)26-11-13-30-14-12-26/h5-10,15-16,22H,4,11-14H2,1-3H3,(H,25,27). The second-order valence-corrected chi connectivity index (χ2v) is 10.3. The summed E-state index contributed by atoms with van der Waals surface area (Å²) in [6.45, 7) is 7.43. The summed E-state index contributed by atoms with van der Waals surface area (Å²) >= 11 is 6.29. The zero-order valence-corrected chi connectivity index (χ0v) is 19.7. The van der Waals surface area contributed by atoms with Gasteiger partial charge in [0.15, 0.2) is 0 Å². The number of nitrogens with zero attached hydrogens (tertiary/aromatic N) is 1. The molecule has 3 rings (SSSR count). The molecule has 0 aliphatic carbocycles. The van der Waals surface area contributed by atoms with Crippen molar-refractivity contribution >= 4 is 27.5 Å². The first-order valence-electron chi connectivity index (χ1n) is 10.5. The van der Waals surface area contributed by atoms with E-state index in [0.29, 0.717) is 13.2 Å². The zero-order chi connectivity index (χ0) is 22.6. The van der Waals surface area contributed by atoms with E-state index in [1.165, 1.54) is 28.1 Å². The summed E-state index contributed by atoms with van der Waals surface area (Å²) in [6, 6.07) is 12.2. The van der Waals surface area contributed by atoms with E-state index in [1.54, 1.807) is 0 Å². The number of amides is 1. The van der Waals surface area contributed by atoms with Gasteiger partial charge in [-0.05, 0) is 41.7 Å². The van der Waals surface area contributed by atoms with Crippen molar-refractivity contribution in [3.8, 4) is 0 Å². The molecule has 1 atom stereocenters. The molecule has 1 heterocycles. The van der Waals surface area contributed by atoms with Gasteiger partial charge in [-0.25, -0.2) is 8.42 Å². The normalized spacial score (nSPS) is 16.3. The molecule has 8 heteroatoms. The van der Waals surface area contributed by atoms with Gasteiger partial charge in [0.25, 0.3) is 5.91 Å². The van der Waals surface area contributed by atoms with E-state index in [2.05, 4.69) is 24.4 Å². The van der Waals surface area contributed by atoms with Crippen LogP contribution in [0.4, 0.5) is 0 Å². The van der Waals surface area contributed by atoms with Crippen molar-refractivity contribution in [3.63, 3.8) is 0 Å². The molecule has 1 unspecified atom stereocenters. The summed E-state index contributed by atoms with van der Waals surface area (Å²) in [6.07, 6.45) is 0.943. The molecular weight excluding hydrogens is 436 g/mol. The highest BCUT2D eigenvalue weighted by Crippen LogP contribution is 2.27. The molecule has 0 bridgehead atoms. The molecule has 1 N–H and O–H groups in total. The van der Waals surface area contributed by atoms with Gasteiger partial charge in [0.1, 0.15) is 0 Å². The van der Waals surface area contributed by atoms with Crippen LogP contribution in [0.3, 0.4) is 0 Å². The van der Waals surface area contributed by atoms with E-state index in [0.717, 1.165) is 12.0 Å². The Kier molecular flexibility index (Phi) is 7.75. The number of nitrogens with one attached hydrogen (secondary N) is 1. The summed E-state index contributed by atoms with van der Waals surface area (Å²) in [5.41, 5.74) is 2.36. The third-order valence-corrected chi connectivity index (χ3v) is 7.71. The number of benzene rings is 2. The smallest absolute Gasteiger partial charge is 0.253 e. The van der Waals surface area contributed by atoms with Crippen LogP contribution < -0.4 is 5.32 Å². The lowest BCUT2D eigenvalue weighted by atomic mass is 9.94. The number of aryl methyl sites for hydroxylation is 1. The molecule has 0 spiro atoms. The maximum atomic E-state index is 13.1. The van der Waals surface area contributed by atoms with Gasteiger partial charge in [0, 0.05) is 13.1 Å². The van der Waals surface area contributed by atoms with Crippen molar-refractivity contribution in [1.29, 1.82) is 0 Å². The minimum Gasteiger partial charge on any atom is -0.379 e. The summed E-state index contributed by atoms with van der Waals surface area (Å²) in [5.74, 6) is -0.266. The van der Waals surface area contributed by atoms with Crippen molar-refractivity contribution in [2.24, 2.45) is 5.92 Å². The maximum absolute atomic E-state index is 13.1. The number of sulfonamides is 1. The Morgan fingerprint density at radius 1 is 1.13 bits per heavy atom. The van der Waals surface area contributed by atoms with E-state index >= 15 is 0 Å². The predicted octanol–water partition coefficient (Wildman–Crippen LogP) is 4.05. The number of carbonyl (C=O) groups excluding carboxylic acids is 1. The molecule has 2 aromatic carbocycles. The van der Waals surface area contributed by atoms with Crippen LogP contribution in [0.2, 0.25) is 5.02 Å². The molecule has 168 valence electrons. The van der Waals surface area contributed by atoms with Crippen LogP contribution in [0.15, 0.2) is 47.4 Å². The van der Waals surface area contributed by atoms with Gasteiger partial charge in [-0.1, -0.05) is 56.6 Å². The van der Waals surface area contributed by atoms with Crippen LogP contribution in [0.5, 0.6) is 0 Å². The summed E-state index contributed by atoms with van der Waals surface area (Å²) in [4.78, 5) is 13.2. The Hall–Kier alpha value is -1.93. The Morgan fingerprint density at radius 2 is 1.77 bits per heavy atom. The molecule has 1 aliphatic rings. The average Bonchev–Trinajstić information content (AvgIpc) is 2.78. The third-order valence-electron chi connectivity index (χ3n) is 5.49. The van der Waals surface area contributed by atoms with E-state index < -0.39 is 15.9 Å². The molecule has 0 saturated carbocycles. The van der Waals surface area contributed by atoms with Crippen molar-refractivity contribution in [2.45, 2.75) is 38.1 Å². The number of ether oxygens (including phenoxy) is 1. The van der Waals surface area contributed by atoms with Crippen molar-refractivity contribution in [1.82, 2.24) is 9.62 Å². The molecule has 0 radical (unpaired) electrons. The lowest BCUT2D eigenvalue weighted by molar-refractivity contribution is 0.0730. The topological polar surface area (TPSA) is 75.7 Å². The molecule has 1 saturated heterocycles. The third kappa shape index (κ3) is 5.47. The fourth-order valence-corrected chi connectivity index (χ4v) is 5.23. The van der Waals surface area contributed by atoms with E-state index in [9.17, 15) is 13.2 Å². The van der Waals surface area contributed by atoms with Gasteiger partial charge in [0.2, 0.25) is 10.0 Å². The highest BCUT2D eigenvalue weighted by atomic mass is 35.5. The van der Waals surface area contributed by atoms with Gasteiger partial charge in [-0.3, -0.25) is 4.79 Å². The van der Waals surface area contributed by atoms with Crippen LogP contribution in [0, 0.1) is 5.92 Å². The van der Waals surface area contributed by atoms with Crippen LogP contribution in [-0.4, -0.2) is 44.9 Å². The molecule has 1 amide bonds. The first-order chi connectivity index (χ1) is 14.7. The van der Waals surface area contributed by atoms with Crippen LogP contribution >= 0.6 is 11.6 Å². The van der Waals surface area contributed by atoms with Gasteiger partial charge in [-0.15, -0.1) is 0 Å². The minimum absolute atomic E-state index is 0.0531. The Bertz CT molecular complexity index is 1020. The summed E-state index contributed by atoms with van der Waals surface area (Å²) in [7, 11) is -3.72. The average molecular weight is 465 g/mol. The second-order valence-electron chi connectivity index (χ2n) is 7.95. The van der Waals surface area contributed by atoms with Crippen molar-refractivity contribution in [3.05, 3.63) is 64.2 Å². The number of halogens is 1. The summed E-state index contributed by atoms with van der Waals surface area (Å²) in [5, 5.41) is 3.24. The molecule has 1 fully saturated rings. The van der Waals surface area contributed by atoms with E-state index in [4.69, 9.17) is 16.3 Å². The fourth-order valence-electron chi connectivity index (χ4n) is 3.59. The lowest BCUT2D eigenvalue weighted by Gasteiger charge is -2.26. The van der Waals surface area contributed by atoms with Crippen molar-refractivity contribution in [2.75, 3.05) is 26.3 Å². The number of hydrogen-bond acceptors (Lipinski definition) is 4. The quantitative estimate of drug-likeness (QED) is 0.670. The lowest BCUT2D eigenvalue weighted by Crippen LogP contribution is -2.40. The van der Waals surface area contributed by atoms with Gasteiger partial charge < -0.3 is 10.1 Å². The van der Waals surface area contributed by atoms with Crippen molar-refractivity contribution < 1.29 is 17.9 Å². The van der Waals surface area contributed by atoms with Gasteiger partial charge in [0.05, 0.1) is 34.7 Å². The highest BCUT2D eigenvalue weighted by molar-refractivity contribution is 7.89. The SMILES string of the molecule is CCc1ccc(C(NC(=O)c2cc(S(=O)(=O)N3CCOCC3)ccc2Cl)C(C)C)cc1. The molecule has 31 heavy (non-hydrogen) atoms. The Labute approximate surface area is 189 Å². The fraction of sp³-hybridized carbons (Fsp3) is 0.435. The largest absolute Gasteiger partial charge is 0.379 e. The number of morpholine rings is 1. The number of carbonyl (C=O) groups is 1. The predicted molar refractivity (Wildman–Crippen MR) is 122 cm³/mol. The molecule has 6 nitrogen and oxygen atoms in total. The van der Waals surface area contributed by atoms with Crippen LogP contribution in [-0.2, 0) is 21.2 Å².